The van der Waals surface area contributed by atoms with Gasteiger partial charge in [-0.15, -0.1) is 0 Å². The zero-order chi connectivity index (χ0) is 23.8. The minimum Gasteiger partial charge on any atom is -0.453 e. The molecule has 2 aromatic rings. The summed E-state index contributed by atoms with van der Waals surface area (Å²) in [5, 5.41) is 6.85. The third-order valence-corrected chi connectivity index (χ3v) is 4.59. The maximum Gasteiger partial charge on any atom is 0.259 e. The van der Waals surface area contributed by atoms with Gasteiger partial charge in [-0.05, 0) is 32.1 Å². The van der Waals surface area contributed by atoms with Crippen molar-refractivity contribution in [2.45, 2.75) is 13.8 Å². The molecule has 8 nitrogen and oxygen atoms in total. The molecule has 0 saturated heterocycles. The predicted octanol–water partition coefficient (Wildman–Crippen LogP) is 3.92. The minimum absolute atomic E-state index is 0.0615. The van der Waals surface area contributed by atoms with E-state index in [0.717, 1.165) is 6.07 Å². The molecule has 0 spiro atoms. The van der Waals surface area contributed by atoms with Crippen LogP contribution in [0, 0.1) is 12.7 Å². The number of nitrogens with two attached hydrogens (primary N) is 2. The molecule has 0 atom stereocenters. The van der Waals surface area contributed by atoms with Crippen LogP contribution in [0.2, 0.25) is 0 Å². The van der Waals surface area contributed by atoms with Crippen molar-refractivity contribution in [3.05, 3.63) is 82.9 Å². The number of carbonyl (C=O) groups is 1. The predicted molar refractivity (Wildman–Crippen MR) is 126 cm³/mol. The fraction of sp³-hybridized carbons (Fsp3) is 0.136. The van der Waals surface area contributed by atoms with Crippen LogP contribution in [0.3, 0.4) is 0 Å². The van der Waals surface area contributed by atoms with E-state index < -0.39 is 11.7 Å². The fourth-order valence-corrected chi connectivity index (χ4v) is 2.73. The van der Waals surface area contributed by atoms with Crippen LogP contribution in [0.5, 0.6) is 5.75 Å². The molecule has 0 bridgehead atoms. The van der Waals surface area contributed by atoms with Crippen molar-refractivity contribution in [1.29, 1.82) is 0 Å². The van der Waals surface area contributed by atoms with Gasteiger partial charge in [-0.1, -0.05) is 24.3 Å². The topological polar surface area (TPSA) is 121 Å². The van der Waals surface area contributed by atoms with Gasteiger partial charge in [0.1, 0.15) is 10.8 Å². The molecular weight excluding hydrogens is 435 g/mol. The number of ether oxygens (including phenoxy) is 1. The van der Waals surface area contributed by atoms with Gasteiger partial charge in [-0.25, -0.2) is 9.07 Å². The first-order valence-electron chi connectivity index (χ1n) is 9.38. The third-order valence-electron chi connectivity index (χ3n) is 4.16. The molecule has 32 heavy (non-hydrogen) atoms. The molecule has 5 N–H and O–H groups in total. The first kappa shape index (κ1) is 24.4. The number of nitrogens with zero attached hydrogens (tertiary/aromatic N) is 3. The number of hydrogen-bond acceptors (Lipinski definition) is 6. The Morgan fingerprint density at radius 2 is 2.16 bits per heavy atom. The van der Waals surface area contributed by atoms with Crippen LogP contribution in [0.25, 0.3) is 5.70 Å². The zero-order valence-corrected chi connectivity index (χ0v) is 18.7. The van der Waals surface area contributed by atoms with Crippen molar-refractivity contribution in [2.75, 3.05) is 12.4 Å². The van der Waals surface area contributed by atoms with E-state index >= 15 is 0 Å². The third kappa shape index (κ3) is 5.64. The van der Waals surface area contributed by atoms with Crippen LogP contribution in [-0.2, 0) is 0 Å². The van der Waals surface area contributed by atoms with Crippen molar-refractivity contribution in [2.24, 2.45) is 16.5 Å². The van der Waals surface area contributed by atoms with Crippen molar-refractivity contribution in [3.63, 3.8) is 0 Å². The number of hydrogen-bond donors (Lipinski definition) is 3. The monoisotopic (exact) mass is 458 g/mol. The van der Waals surface area contributed by atoms with Crippen molar-refractivity contribution in [1.82, 2.24) is 9.78 Å². The Balaban J connectivity index is 2.25. The maximum atomic E-state index is 14.6. The maximum absolute atomic E-state index is 14.6. The molecule has 0 radical (unpaired) electrons. The average molecular weight is 459 g/mol. The van der Waals surface area contributed by atoms with E-state index in [4.69, 9.17) is 27.8 Å². The molecule has 0 saturated carbocycles. The van der Waals surface area contributed by atoms with E-state index in [1.165, 1.54) is 41.5 Å². The van der Waals surface area contributed by atoms with Crippen LogP contribution in [0.15, 0.2) is 70.8 Å². The lowest BCUT2D eigenvalue weighted by atomic mass is 10.2. The molecule has 0 unspecified atom stereocenters. The van der Waals surface area contributed by atoms with E-state index in [9.17, 15) is 9.18 Å². The molecule has 0 aliphatic heterocycles. The molecule has 1 aromatic heterocycles. The standard InChI is InChI=1S/C22H24ClFN6O2/c1-5-6-20(21(23)13(2)26)32-19-8-7-15(9-18(19)24)29-22(31)17-12-28-30(14(17)3)16(10-25)11-27-4/h5-12H,2,25-26H2,1,3-4H3,(H,29,31)/b6-5-,16-10?,21-20-,27-11?. The Bertz CT molecular complexity index is 1150. The highest BCUT2D eigenvalue weighted by molar-refractivity contribution is 6.32. The van der Waals surface area contributed by atoms with Crippen LogP contribution in [0.4, 0.5) is 10.1 Å². The summed E-state index contributed by atoms with van der Waals surface area (Å²) in [7, 11) is 1.59. The number of halogens is 2. The molecule has 1 amide bonds. The molecule has 0 fully saturated rings. The minimum atomic E-state index is -0.711. The number of aromatic nitrogens is 2. The molecule has 168 valence electrons. The van der Waals surface area contributed by atoms with Gasteiger partial charge in [0.25, 0.3) is 5.91 Å². The SMILES string of the molecule is C=C(N)/C(Cl)=C(\C=C/C)Oc1ccc(NC(=O)c2cnn(C(C=NC)=CN)c2C)cc1F. The Kier molecular flexibility index (Phi) is 8.37. The smallest absolute Gasteiger partial charge is 0.259 e. The van der Waals surface area contributed by atoms with Gasteiger partial charge >= 0.3 is 0 Å². The first-order valence-corrected chi connectivity index (χ1v) is 9.76. The van der Waals surface area contributed by atoms with E-state index in [2.05, 4.69) is 22.0 Å². The summed E-state index contributed by atoms with van der Waals surface area (Å²) in [5.41, 5.74) is 12.8. The molecule has 1 heterocycles. The number of nitrogens with one attached hydrogen (secondary N) is 1. The van der Waals surface area contributed by atoms with Gasteiger partial charge in [0.05, 0.1) is 23.2 Å². The van der Waals surface area contributed by atoms with E-state index in [1.54, 1.807) is 27.0 Å². The normalized spacial score (nSPS) is 12.8. The summed E-state index contributed by atoms with van der Waals surface area (Å²) in [4.78, 5) is 16.6. The first-order chi connectivity index (χ1) is 15.2. The van der Waals surface area contributed by atoms with E-state index in [-0.39, 0.29) is 27.9 Å². The van der Waals surface area contributed by atoms with Crippen molar-refractivity contribution in [3.8, 4) is 5.75 Å². The highest BCUT2D eigenvalue weighted by atomic mass is 35.5. The van der Waals surface area contributed by atoms with Crippen LogP contribution < -0.4 is 21.5 Å². The van der Waals surface area contributed by atoms with Crippen LogP contribution >= 0.6 is 11.6 Å². The number of allylic oxidation sites excluding steroid dienone is 4. The molecule has 0 aliphatic carbocycles. The Labute approximate surface area is 190 Å². The molecule has 1 aromatic carbocycles. The lowest BCUT2D eigenvalue weighted by Crippen LogP contribution is -2.14. The fourth-order valence-electron chi connectivity index (χ4n) is 2.63. The van der Waals surface area contributed by atoms with E-state index in [0.29, 0.717) is 17.0 Å². The largest absolute Gasteiger partial charge is 0.453 e. The summed E-state index contributed by atoms with van der Waals surface area (Å²) in [5.74, 6) is -1.14. The number of rotatable bonds is 8. The molecule has 10 heteroatoms. The number of amides is 1. The molecular formula is C22H24ClFN6O2. The van der Waals surface area contributed by atoms with Gasteiger partial charge in [0.15, 0.2) is 11.6 Å². The van der Waals surface area contributed by atoms with Gasteiger partial charge in [0, 0.05) is 36.9 Å². The Hall–Kier alpha value is -3.85. The van der Waals surface area contributed by atoms with Gasteiger partial charge in [0.2, 0.25) is 0 Å². The zero-order valence-electron chi connectivity index (χ0n) is 17.9. The van der Waals surface area contributed by atoms with Crippen molar-refractivity contribution >= 4 is 35.1 Å². The van der Waals surface area contributed by atoms with Crippen molar-refractivity contribution < 1.29 is 13.9 Å². The lowest BCUT2D eigenvalue weighted by molar-refractivity contribution is 0.102. The second-order valence-electron chi connectivity index (χ2n) is 6.44. The Morgan fingerprint density at radius 3 is 2.72 bits per heavy atom. The number of anilines is 1. The van der Waals surface area contributed by atoms with Crippen LogP contribution in [0.1, 0.15) is 23.0 Å². The van der Waals surface area contributed by atoms with Gasteiger partial charge in [-0.2, -0.15) is 5.10 Å². The molecule has 0 aliphatic rings. The summed E-state index contributed by atoms with van der Waals surface area (Å²) in [6, 6.07) is 3.98. The second kappa shape index (κ2) is 11.0. The second-order valence-corrected chi connectivity index (χ2v) is 6.82. The number of aliphatic imine (C=N–C) groups is 1. The van der Waals surface area contributed by atoms with Crippen LogP contribution in [-0.4, -0.2) is 28.9 Å². The summed E-state index contributed by atoms with van der Waals surface area (Å²) in [6.07, 6.45) is 7.42. The summed E-state index contributed by atoms with van der Waals surface area (Å²) < 4.78 is 21.6. The van der Waals surface area contributed by atoms with Gasteiger partial charge < -0.3 is 21.5 Å². The Morgan fingerprint density at radius 1 is 1.44 bits per heavy atom. The highest BCUT2D eigenvalue weighted by Crippen LogP contribution is 2.26. The quantitative estimate of drug-likeness (QED) is 0.314. The van der Waals surface area contributed by atoms with E-state index in [1.807, 2.05) is 0 Å². The summed E-state index contributed by atoms with van der Waals surface area (Å²) >= 11 is 6.07. The highest BCUT2D eigenvalue weighted by Gasteiger charge is 2.17. The molecule has 2 rings (SSSR count). The number of carbonyl (C=O) groups excluding carboxylic acids is 1. The lowest BCUT2D eigenvalue weighted by Gasteiger charge is -2.12. The van der Waals surface area contributed by atoms with Gasteiger partial charge in [-0.3, -0.25) is 9.79 Å². The number of benzene rings is 1. The average Bonchev–Trinajstić information content (AvgIpc) is 3.14. The summed E-state index contributed by atoms with van der Waals surface area (Å²) in [6.45, 7) is 6.99.